The minimum Gasteiger partial charge on any atom is -0.211 e. The van der Waals surface area contributed by atoms with Crippen LogP contribution in [0, 0.1) is 5.82 Å². The Morgan fingerprint density at radius 3 is 2.69 bits per heavy atom. The summed E-state index contributed by atoms with van der Waals surface area (Å²) < 4.78 is 13.4. The standard InChI is InChI=1S/C7HBrCl2FNO/c8-3-1-4(9)5(10)6(11)7(3)12-2-13/h1H. The zero-order valence-electron chi connectivity index (χ0n) is 5.94. The van der Waals surface area contributed by atoms with E-state index < -0.39 is 5.82 Å². The number of rotatable bonds is 1. The smallest absolute Gasteiger partial charge is 0.211 e. The lowest BCUT2D eigenvalue weighted by molar-refractivity contribution is 0.564. The summed E-state index contributed by atoms with van der Waals surface area (Å²) >= 11 is 14.0. The first-order valence-corrected chi connectivity index (χ1v) is 4.53. The second kappa shape index (κ2) is 4.20. The summed E-state index contributed by atoms with van der Waals surface area (Å²) in [6, 6.07) is 1.35. The van der Waals surface area contributed by atoms with Gasteiger partial charge in [0.2, 0.25) is 6.08 Å². The van der Waals surface area contributed by atoms with Crippen molar-refractivity contribution in [2.75, 3.05) is 0 Å². The van der Waals surface area contributed by atoms with Gasteiger partial charge in [0.05, 0.1) is 10.0 Å². The number of carbonyl (C=O) groups excluding carboxylic acids is 1. The van der Waals surface area contributed by atoms with Crippen LogP contribution in [0.4, 0.5) is 10.1 Å². The van der Waals surface area contributed by atoms with Crippen molar-refractivity contribution in [3.8, 4) is 0 Å². The van der Waals surface area contributed by atoms with E-state index in [1.54, 1.807) is 0 Å². The van der Waals surface area contributed by atoms with Gasteiger partial charge in [0.25, 0.3) is 0 Å². The molecule has 0 aliphatic carbocycles. The largest absolute Gasteiger partial charge is 0.240 e. The van der Waals surface area contributed by atoms with Gasteiger partial charge in [0.1, 0.15) is 5.69 Å². The fraction of sp³-hybridized carbons (Fsp3) is 0. The van der Waals surface area contributed by atoms with Gasteiger partial charge in [-0.25, -0.2) is 9.18 Å². The molecule has 0 N–H and O–H groups in total. The van der Waals surface area contributed by atoms with Crippen LogP contribution in [-0.4, -0.2) is 6.08 Å². The molecule has 0 spiro atoms. The summed E-state index contributed by atoms with van der Waals surface area (Å²) in [6.07, 6.45) is 1.22. The first-order valence-electron chi connectivity index (χ1n) is 2.98. The number of aliphatic imine (C=N–C) groups is 1. The molecule has 2 nitrogen and oxygen atoms in total. The van der Waals surface area contributed by atoms with Crippen LogP contribution in [0.15, 0.2) is 15.5 Å². The lowest BCUT2D eigenvalue weighted by atomic mass is 10.3. The fourth-order valence-corrected chi connectivity index (χ4v) is 1.66. The molecule has 0 radical (unpaired) electrons. The predicted octanol–water partition coefficient (Wildman–Crippen LogP) is 3.86. The van der Waals surface area contributed by atoms with Crippen LogP contribution >= 0.6 is 39.1 Å². The van der Waals surface area contributed by atoms with E-state index in [-0.39, 0.29) is 20.2 Å². The highest BCUT2D eigenvalue weighted by atomic mass is 79.9. The first-order chi connectivity index (χ1) is 6.07. The maximum absolute atomic E-state index is 13.2. The second-order valence-electron chi connectivity index (χ2n) is 2.02. The Balaban J connectivity index is 3.52. The molecule has 1 aromatic carbocycles. The SMILES string of the molecule is O=C=Nc1c(Br)cc(Cl)c(Cl)c1F. The molecule has 0 atom stereocenters. The Hall–Kier alpha value is -0.410. The molecule has 0 bridgehead atoms. The van der Waals surface area contributed by atoms with Crippen LogP contribution in [0.3, 0.4) is 0 Å². The average Bonchev–Trinajstić information content (AvgIpc) is 2.09. The Bertz CT molecular complexity index is 404. The molecule has 68 valence electrons. The first kappa shape index (κ1) is 10.7. The number of halogens is 4. The van der Waals surface area contributed by atoms with E-state index in [0.29, 0.717) is 0 Å². The van der Waals surface area contributed by atoms with Crippen molar-refractivity contribution in [1.29, 1.82) is 0 Å². The van der Waals surface area contributed by atoms with Crippen LogP contribution in [0.1, 0.15) is 0 Å². The summed E-state index contributed by atoms with van der Waals surface area (Å²) in [4.78, 5) is 13.1. The van der Waals surface area contributed by atoms with Crippen molar-refractivity contribution in [2.24, 2.45) is 4.99 Å². The molecule has 0 heterocycles. The molecule has 0 saturated carbocycles. The second-order valence-corrected chi connectivity index (χ2v) is 3.66. The van der Waals surface area contributed by atoms with Gasteiger partial charge in [-0.05, 0) is 22.0 Å². The molecule has 1 rings (SSSR count). The molecule has 0 fully saturated rings. The zero-order chi connectivity index (χ0) is 10.0. The third-order valence-corrected chi connectivity index (χ3v) is 2.62. The Kier molecular flexibility index (Phi) is 3.45. The van der Waals surface area contributed by atoms with Crippen LogP contribution in [-0.2, 0) is 4.79 Å². The van der Waals surface area contributed by atoms with E-state index >= 15 is 0 Å². The van der Waals surface area contributed by atoms with Gasteiger partial charge >= 0.3 is 0 Å². The van der Waals surface area contributed by atoms with E-state index in [2.05, 4.69) is 20.9 Å². The monoisotopic (exact) mass is 283 g/mol. The summed E-state index contributed by atoms with van der Waals surface area (Å²) in [7, 11) is 0. The molecule has 0 unspecified atom stereocenters. The van der Waals surface area contributed by atoms with Crippen LogP contribution in [0.2, 0.25) is 10.0 Å². The average molecular weight is 285 g/mol. The molecule has 6 heteroatoms. The van der Waals surface area contributed by atoms with Gasteiger partial charge in [-0.1, -0.05) is 23.2 Å². The highest BCUT2D eigenvalue weighted by molar-refractivity contribution is 9.10. The molecule has 0 saturated heterocycles. The summed E-state index contributed by atoms with van der Waals surface area (Å²) in [5, 5.41) is -0.213. The lowest BCUT2D eigenvalue weighted by Crippen LogP contribution is -1.82. The predicted molar refractivity (Wildman–Crippen MR) is 51.9 cm³/mol. The Morgan fingerprint density at radius 1 is 1.54 bits per heavy atom. The van der Waals surface area contributed by atoms with Gasteiger partial charge in [-0.3, -0.25) is 0 Å². The van der Waals surface area contributed by atoms with Crippen molar-refractivity contribution in [3.63, 3.8) is 0 Å². The summed E-state index contributed by atoms with van der Waals surface area (Å²) in [5.41, 5.74) is -0.204. The number of hydrogen-bond acceptors (Lipinski definition) is 2. The molecule has 13 heavy (non-hydrogen) atoms. The van der Waals surface area contributed by atoms with Crippen molar-refractivity contribution in [3.05, 3.63) is 26.4 Å². The van der Waals surface area contributed by atoms with E-state index in [1.165, 1.54) is 12.1 Å². The van der Waals surface area contributed by atoms with E-state index in [9.17, 15) is 9.18 Å². The highest BCUT2D eigenvalue weighted by Crippen LogP contribution is 2.37. The minimum absolute atomic E-state index is 0.0518. The quantitative estimate of drug-likeness (QED) is 0.333. The third kappa shape index (κ3) is 2.09. The van der Waals surface area contributed by atoms with E-state index in [0.717, 1.165) is 0 Å². The van der Waals surface area contributed by atoms with E-state index in [1.807, 2.05) is 0 Å². The van der Waals surface area contributed by atoms with Crippen molar-refractivity contribution in [1.82, 2.24) is 0 Å². The topological polar surface area (TPSA) is 29.4 Å². The molecule has 0 aromatic heterocycles. The van der Waals surface area contributed by atoms with Gasteiger partial charge < -0.3 is 0 Å². The Morgan fingerprint density at radius 2 is 2.15 bits per heavy atom. The lowest BCUT2D eigenvalue weighted by Gasteiger charge is -2.02. The van der Waals surface area contributed by atoms with Crippen molar-refractivity contribution in [2.45, 2.75) is 0 Å². The summed E-state index contributed by atoms with van der Waals surface area (Å²) in [5.74, 6) is -0.843. The molecule has 0 aliphatic rings. The van der Waals surface area contributed by atoms with E-state index in [4.69, 9.17) is 23.2 Å². The molecule has 0 aliphatic heterocycles. The summed E-state index contributed by atoms with van der Waals surface area (Å²) in [6.45, 7) is 0. The molecule has 1 aromatic rings. The maximum atomic E-state index is 13.2. The van der Waals surface area contributed by atoms with Gasteiger partial charge in [-0.15, -0.1) is 0 Å². The van der Waals surface area contributed by atoms with Gasteiger partial charge in [-0.2, -0.15) is 4.99 Å². The number of nitrogens with zero attached hydrogens (tertiary/aromatic N) is 1. The maximum Gasteiger partial charge on any atom is 0.240 e. The number of benzene rings is 1. The normalized spacial score (nSPS) is 9.54. The molecular weight excluding hydrogens is 284 g/mol. The minimum atomic E-state index is -0.843. The van der Waals surface area contributed by atoms with Crippen LogP contribution in [0.5, 0.6) is 0 Å². The molecule has 0 amide bonds. The fourth-order valence-electron chi connectivity index (χ4n) is 0.705. The molecular formula is C7HBrCl2FNO. The third-order valence-electron chi connectivity index (χ3n) is 1.25. The Labute approximate surface area is 91.5 Å². The van der Waals surface area contributed by atoms with Gasteiger partial charge in [0, 0.05) is 4.47 Å². The van der Waals surface area contributed by atoms with Gasteiger partial charge in [0.15, 0.2) is 5.82 Å². The van der Waals surface area contributed by atoms with Crippen molar-refractivity contribution < 1.29 is 9.18 Å². The van der Waals surface area contributed by atoms with Crippen LogP contribution in [0.25, 0.3) is 0 Å². The van der Waals surface area contributed by atoms with Crippen LogP contribution < -0.4 is 0 Å². The zero-order valence-corrected chi connectivity index (χ0v) is 9.04. The highest BCUT2D eigenvalue weighted by Gasteiger charge is 2.14. The van der Waals surface area contributed by atoms with Crippen molar-refractivity contribution >= 4 is 50.9 Å². The number of hydrogen-bond donors (Lipinski definition) is 0. The number of isocyanates is 1.